The third kappa shape index (κ3) is 3.40. The molecule has 0 aromatic carbocycles. The molecule has 0 aliphatic heterocycles. The molecule has 0 unspecified atom stereocenters. The molecule has 0 aliphatic rings. The van der Waals surface area contributed by atoms with Crippen LogP contribution in [0.15, 0.2) is 0 Å². The normalized spacial score (nSPS) is 16.3. The summed E-state index contributed by atoms with van der Waals surface area (Å²) in [5.41, 5.74) is 5.13. The first-order valence-corrected chi connectivity index (χ1v) is 3.12. The number of rotatable bonds is 4. The van der Waals surface area contributed by atoms with E-state index in [-0.39, 0.29) is 12.3 Å². The maximum absolute atomic E-state index is 11.8. The lowest BCUT2D eigenvalue weighted by molar-refractivity contribution is -0.138. The van der Waals surface area contributed by atoms with Crippen LogP contribution in [0.4, 0.5) is 4.39 Å². The van der Waals surface area contributed by atoms with E-state index < -0.39 is 18.7 Å². The summed E-state index contributed by atoms with van der Waals surface area (Å²) in [5.74, 6) is -1.33. The molecular weight excluding hydrogens is 137 g/mol. The monoisotopic (exact) mass is 149 g/mol. The molecule has 3 nitrogen and oxygen atoms in total. The van der Waals surface area contributed by atoms with Gasteiger partial charge in [-0.05, 0) is 12.3 Å². The second-order valence-corrected chi connectivity index (χ2v) is 2.44. The van der Waals surface area contributed by atoms with Gasteiger partial charge >= 0.3 is 5.97 Å². The number of alkyl halides is 1. The number of carbonyl (C=O) groups is 1. The van der Waals surface area contributed by atoms with Crippen molar-refractivity contribution in [1.29, 1.82) is 0 Å². The van der Waals surface area contributed by atoms with Crippen LogP contribution in [0.2, 0.25) is 0 Å². The van der Waals surface area contributed by atoms with Crippen LogP contribution >= 0.6 is 0 Å². The molecule has 0 bridgehead atoms. The van der Waals surface area contributed by atoms with Gasteiger partial charge < -0.3 is 10.8 Å². The van der Waals surface area contributed by atoms with Crippen LogP contribution in [-0.2, 0) is 4.79 Å². The van der Waals surface area contributed by atoms with Crippen LogP contribution in [0.25, 0.3) is 0 Å². The van der Waals surface area contributed by atoms with Crippen molar-refractivity contribution in [1.82, 2.24) is 0 Å². The lowest BCUT2D eigenvalue weighted by Gasteiger charge is -2.09. The molecule has 0 fully saturated rings. The Balaban J connectivity index is 3.56. The van der Waals surface area contributed by atoms with Crippen molar-refractivity contribution in [2.45, 2.75) is 19.4 Å². The number of nitrogens with two attached hydrogens (primary N) is 1. The molecule has 0 spiro atoms. The first-order chi connectivity index (χ1) is 4.57. The van der Waals surface area contributed by atoms with Gasteiger partial charge in [0.15, 0.2) is 0 Å². The van der Waals surface area contributed by atoms with Crippen molar-refractivity contribution < 1.29 is 14.3 Å². The van der Waals surface area contributed by atoms with Gasteiger partial charge in [0.1, 0.15) is 6.04 Å². The van der Waals surface area contributed by atoms with Crippen molar-refractivity contribution in [3.05, 3.63) is 0 Å². The fourth-order valence-corrected chi connectivity index (χ4v) is 0.597. The molecule has 2 atom stereocenters. The number of halogens is 1. The largest absolute Gasteiger partial charge is 0.480 e. The second kappa shape index (κ2) is 4.22. The van der Waals surface area contributed by atoms with E-state index in [1.807, 2.05) is 0 Å². The minimum atomic E-state index is -1.07. The summed E-state index contributed by atoms with van der Waals surface area (Å²) in [4.78, 5) is 10.1. The van der Waals surface area contributed by atoms with Crippen LogP contribution in [-0.4, -0.2) is 23.8 Å². The molecule has 0 heterocycles. The minimum absolute atomic E-state index is 0.200. The molecule has 3 N–H and O–H groups in total. The third-order valence-electron chi connectivity index (χ3n) is 1.24. The van der Waals surface area contributed by atoms with E-state index >= 15 is 0 Å². The quantitative estimate of drug-likeness (QED) is 0.608. The summed E-state index contributed by atoms with van der Waals surface area (Å²) in [7, 11) is 0. The van der Waals surface area contributed by atoms with E-state index in [0.717, 1.165) is 0 Å². The molecule has 10 heavy (non-hydrogen) atoms. The molecule has 4 heteroatoms. The highest BCUT2D eigenvalue weighted by Gasteiger charge is 2.14. The van der Waals surface area contributed by atoms with Gasteiger partial charge in [0.2, 0.25) is 0 Å². The van der Waals surface area contributed by atoms with Gasteiger partial charge in [-0.2, -0.15) is 0 Å². The first-order valence-electron chi connectivity index (χ1n) is 3.12. The average molecular weight is 149 g/mol. The average Bonchev–Trinajstić information content (AvgIpc) is 1.87. The Hall–Kier alpha value is -0.640. The van der Waals surface area contributed by atoms with E-state index in [0.29, 0.717) is 0 Å². The van der Waals surface area contributed by atoms with E-state index in [9.17, 15) is 9.18 Å². The molecule has 60 valence electrons. The Bertz CT molecular complexity index is 118. The topological polar surface area (TPSA) is 63.3 Å². The van der Waals surface area contributed by atoms with Crippen molar-refractivity contribution in [2.24, 2.45) is 11.7 Å². The van der Waals surface area contributed by atoms with Gasteiger partial charge in [-0.3, -0.25) is 9.18 Å². The van der Waals surface area contributed by atoms with E-state index in [1.54, 1.807) is 6.92 Å². The fraction of sp³-hybridized carbons (Fsp3) is 0.833. The summed E-state index contributed by atoms with van der Waals surface area (Å²) in [5, 5.41) is 8.28. The van der Waals surface area contributed by atoms with Crippen molar-refractivity contribution in [3.8, 4) is 0 Å². The van der Waals surface area contributed by atoms with E-state index in [2.05, 4.69) is 0 Å². The highest BCUT2D eigenvalue weighted by molar-refractivity contribution is 5.72. The summed E-state index contributed by atoms with van der Waals surface area (Å²) < 4.78 is 11.8. The van der Waals surface area contributed by atoms with Gasteiger partial charge in [0.05, 0.1) is 6.67 Å². The predicted molar refractivity (Wildman–Crippen MR) is 35.4 cm³/mol. The van der Waals surface area contributed by atoms with Gasteiger partial charge in [0, 0.05) is 0 Å². The standard InChI is InChI=1S/C6H12FNO2/c1-4(3-7)2-5(8)6(9)10/h4-5H,2-3,8H2,1H3,(H,9,10)/t4-,5+/m1/s1. The van der Waals surface area contributed by atoms with Gasteiger partial charge in [0.25, 0.3) is 0 Å². The zero-order chi connectivity index (χ0) is 8.15. The van der Waals surface area contributed by atoms with Crippen molar-refractivity contribution >= 4 is 5.97 Å². The SMILES string of the molecule is C[C@@H](CF)C[C@H](N)C(=O)O. The molecule has 0 aromatic rings. The second-order valence-electron chi connectivity index (χ2n) is 2.44. The van der Waals surface area contributed by atoms with Crippen molar-refractivity contribution in [2.75, 3.05) is 6.67 Å². The number of hydrogen-bond donors (Lipinski definition) is 2. The van der Waals surface area contributed by atoms with Crippen LogP contribution in [0.5, 0.6) is 0 Å². The number of carboxylic acids is 1. The lowest BCUT2D eigenvalue weighted by Crippen LogP contribution is -2.32. The number of aliphatic carboxylic acids is 1. The molecule has 0 aromatic heterocycles. The third-order valence-corrected chi connectivity index (χ3v) is 1.24. The molecule has 0 aliphatic carbocycles. The van der Waals surface area contributed by atoms with E-state index in [4.69, 9.17) is 10.8 Å². The Morgan fingerprint density at radius 1 is 1.80 bits per heavy atom. The summed E-state index contributed by atoms with van der Waals surface area (Å²) >= 11 is 0. The molecule has 0 saturated carbocycles. The van der Waals surface area contributed by atoms with E-state index in [1.165, 1.54) is 0 Å². The molecular formula is C6H12FNO2. The van der Waals surface area contributed by atoms with Crippen molar-refractivity contribution in [3.63, 3.8) is 0 Å². The maximum atomic E-state index is 11.8. The molecule has 0 radical (unpaired) electrons. The first kappa shape index (κ1) is 9.36. The fourth-order valence-electron chi connectivity index (χ4n) is 0.597. The van der Waals surface area contributed by atoms with Gasteiger partial charge in [-0.15, -0.1) is 0 Å². The molecule has 0 saturated heterocycles. The van der Waals surface area contributed by atoms with Gasteiger partial charge in [-0.1, -0.05) is 6.92 Å². The lowest BCUT2D eigenvalue weighted by atomic mass is 10.0. The molecule has 0 rings (SSSR count). The summed E-state index contributed by atoms with van der Waals surface area (Å²) in [6.07, 6.45) is 0.200. The number of carboxylic acid groups (broad SMARTS) is 1. The zero-order valence-corrected chi connectivity index (χ0v) is 5.88. The van der Waals surface area contributed by atoms with Crippen LogP contribution in [0.1, 0.15) is 13.3 Å². The smallest absolute Gasteiger partial charge is 0.320 e. The highest BCUT2D eigenvalue weighted by Crippen LogP contribution is 2.04. The summed E-state index contributed by atoms with van der Waals surface area (Å²) in [6.45, 7) is 1.11. The van der Waals surface area contributed by atoms with Crippen LogP contribution in [0, 0.1) is 5.92 Å². The Morgan fingerprint density at radius 3 is 2.60 bits per heavy atom. The Labute approximate surface area is 59.0 Å². The highest BCUT2D eigenvalue weighted by atomic mass is 19.1. The molecule has 0 amide bonds. The van der Waals surface area contributed by atoms with Crippen LogP contribution in [0.3, 0.4) is 0 Å². The number of hydrogen-bond acceptors (Lipinski definition) is 2. The maximum Gasteiger partial charge on any atom is 0.320 e. The summed E-state index contributed by atoms with van der Waals surface area (Å²) in [6, 6.07) is -0.925. The Kier molecular flexibility index (Phi) is 3.95. The zero-order valence-electron chi connectivity index (χ0n) is 5.88. The minimum Gasteiger partial charge on any atom is -0.480 e. The predicted octanol–water partition coefficient (Wildman–Crippen LogP) is 0.394. The Morgan fingerprint density at radius 2 is 2.30 bits per heavy atom. The van der Waals surface area contributed by atoms with Gasteiger partial charge in [-0.25, -0.2) is 0 Å². The van der Waals surface area contributed by atoms with Crippen LogP contribution < -0.4 is 5.73 Å².